The van der Waals surface area contributed by atoms with Gasteiger partial charge in [0.15, 0.2) is 17.6 Å². The van der Waals surface area contributed by atoms with Crippen molar-refractivity contribution in [1.82, 2.24) is 5.32 Å². The van der Waals surface area contributed by atoms with Gasteiger partial charge in [-0.15, -0.1) is 0 Å². The quantitative estimate of drug-likeness (QED) is 0.798. The lowest BCUT2D eigenvalue weighted by atomic mass is 10.0. The Balaban J connectivity index is 2.34. The third-order valence-corrected chi connectivity index (χ3v) is 3.82. The predicted octanol–water partition coefficient (Wildman–Crippen LogP) is 3.70. The molecule has 0 fully saturated rings. The molecule has 0 spiro atoms. The van der Waals surface area contributed by atoms with E-state index in [-0.39, 0.29) is 12.2 Å². The summed E-state index contributed by atoms with van der Waals surface area (Å²) in [7, 11) is 5.19. The summed E-state index contributed by atoms with van der Waals surface area (Å²) in [5.74, 6) is 1.36. The molecule has 4 nitrogen and oxygen atoms in total. The third-order valence-electron chi connectivity index (χ3n) is 3.57. The molecule has 0 amide bonds. The van der Waals surface area contributed by atoms with Gasteiger partial charge >= 0.3 is 0 Å². The van der Waals surface area contributed by atoms with Crippen LogP contribution in [0.4, 0.5) is 0 Å². The molecule has 0 saturated heterocycles. The summed E-state index contributed by atoms with van der Waals surface area (Å²) in [5, 5.41) is 3.82. The van der Waals surface area contributed by atoms with Crippen molar-refractivity contribution in [1.29, 1.82) is 0 Å². The molecule has 1 N–H and O–H groups in total. The first-order valence-corrected chi connectivity index (χ1v) is 7.80. The zero-order valence-electron chi connectivity index (χ0n) is 13.6. The summed E-state index contributed by atoms with van der Waals surface area (Å²) < 4.78 is 17.2. The van der Waals surface area contributed by atoms with Crippen LogP contribution < -0.4 is 14.8 Å². The maximum atomic E-state index is 6.23. The molecule has 0 saturated carbocycles. The van der Waals surface area contributed by atoms with Crippen molar-refractivity contribution >= 4 is 11.6 Å². The molecule has 2 atom stereocenters. The highest BCUT2D eigenvalue weighted by Crippen LogP contribution is 2.33. The average Bonchev–Trinajstić information content (AvgIpc) is 2.59. The van der Waals surface area contributed by atoms with Gasteiger partial charge in [-0.1, -0.05) is 35.9 Å². The van der Waals surface area contributed by atoms with Gasteiger partial charge in [0.2, 0.25) is 0 Å². The first kappa shape index (κ1) is 17.6. The van der Waals surface area contributed by atoms with Crippen LogP contribution in [-0.2, 0) is 4.74 Å². The number of rotatable bonds is 8. The molecule has 0 aliphatic heterocycles. The number of ether oxygens (including phenoxy) is 3. The molecular weight excluding hydrogens is 314 g/mol. The van der Waals surface area contributed by atoms with Crippen molar-refractivity contribution in [2.45, 2.75) is 12.2 Å². The van der Waals surface area contributed by atoms with Crippen molar-refractivity contribution < 1.29 is 14.2 Å². The molecule has 0 radical (unpaired) electrons. The summed E-state index contributed by atoms with van der Waals surface area (Å²) >= 11 is 5.99. The van der Waals surface area contributed by atoms with E-state index in [1.807, 2.05) is 55.6 Å². The van der Waals surface area contributed by atoms with E-state index < -0.39 is 0 Å². The fourth-order valence-corrected chi connectivity index (χ4v) is 2.51. The van der Waals surface area contributed by atoms with E-state index in [9.17, 15) is 0 Å². The van der Waals surface area contributed by atoms with E-state index in [0.717, 1.165) is 5.56 Å². The number of para-hydroxylation sites is 2. The Morgan fingerprint density at radius 1 is 1.00 bits per heavy atom. The van der Waals surface area contributed by atoms with Crippen LogP contribution in [0, 0.1) is 0 Å². The number of hydrogen-bond donors (Lipinski definition) is 1. The van der Waals surface area contributed by atoms with Gasteiger partial charge < -0.3 is 19.5 Å². The topological polar surface area (TPSA) is 39.7 Å². The second-order valence-electron chi connectivity index (χ2n) is 5.07. The van der Waals surface area contributed by atoms with Crippen molar-refractivity contribution in [3.05, 3.63) is 59.1 Å². The molecule has 0 bridgehead atoms. The van der Waals surface area contributed by atoms with E-state index in [1.165, 1.54) is 0 Å². The Labute approximate surface area is 142 Å². The molecular formula is C18H22ClNO3. The number of hydrogen-bond acceptors (Lipinski definition) is 4. The van der Waals surface area contributed by atoms with Crippen LogP contribution in [0.25, 0.3) is 0 Å². The highest BCUT2D eigenvalue weighted by atomic mass is 35.5. The first-order chi connectivity index (χ1) is 11.2. The normalized spacial score (nSPS) is 13.4. The zero-order valence-corrected chi connectivity index (χ0v) is 14.3. The van der Waals surface area contributed by atoms with Crippen LogP contribution in [0.5, 0.6) is 11.5 Å². The van der Waals surface area contributed by atoms with Crippen molar-refractivity contribution in [2.24, 2.45) is 0 Å². The fourth-order valence-electron chi connectivity index (χ4n) is 2.38. The highest BCUT2D eigenvalue weighted by molar-refractivity contribution is 6.30. The second-order valence-corrected chi connectivity index (χ2v) is 5.51. The number of methoxy groups -OCH3 is 2. The summed E-state index contributed by atoms with van der Waals surface area (Å²) in [5.41, 5.74) is 0.988. The first-order valence-electron chi connectivity index (χ1n) is 7.42. The lowest BCUT2D eigenvalue weighted by Crippen LogP contribution is -2.34. The van der Waals surface area contributed by atoms with E-state index in [2.05, 4.69) is 5.32 Å². The molecule has 124 valence electrons. The van der Waals surface area contributed by atoms with Gasteiger partial charge in [-0.2, -0.15) is 0 Å². The number of halogens is 1. The average molecular weight is 336 g/mol. The highest BCUT2D eigenvalue weighted by Gasteiger charge is 2.25. The third kappa shape index (κ3) is 4.61. The molecule has 0 aromatic heterocycles. The molecule has 0 heterocycles. The van der Waals surface area contributed by atoms with Crippen LogP contribution in [-0.4, -0.2) is 33.9 Å². The van der Waals surface area contributed by atoms with Gasteiger partial charge in [-0.25, -0.2) is 0 Å². The van der Waals surface area contributed by atoms with Gasteiger partial charge in [-0.05, 0) is 36.9 Å². The fraction of sp³-hybridized carbons (Fsp3) is 0.333. The van der Waals surface area contributed by atoms with Gasteiger partial charge in [0, 0.05) is 18.7 Å². The Bertz CT molecular complexity index is 603. The lowest BCUT2D eigenvalue weighted by molar-refractivity contribution is 0.00158. The Hall–Kier alpha value is -1.75. The maximum absolute atomic E-state index is 6.23. The van der Waals surface area contributed by atoms with Gasteiger partial charge in [0.25, 0.3) is 0 Å². The van der Waals surface area contributed by atoms with E-state index in [0.29, 0.717) is 23.1 Å². The number of nitrogens with one attached hydrogen (secondary N) is 1. The standard InChI is InChI=1S/C18H22ClNO3/c1-20-12-17(22-3)18(13-8-10-14(19)11-9-13)23-16-7-5-4-6-15(16)21-2/h4-11,17-18,20H,12H2,1-3H3. The van der Waals surface area contributed by atoms with Crippen LogP contribution in [0.3, 0.4) is 0 Å². The molecule has 0 aliphatic rings. The molecule has 0 aliphatic carbocycles. The van der Waals surface area contributed by atoms with Gasteiger partial charge in [0.05, 0.1) is 7.11 Å². The van der Waals surface area contributed by atoms with E-state index in [1.54, 1.807) is 14.2 Å². The van der Waals surface area contributed by atoms with Crippen LogP contribution in [0.1, 0.15) is 11.7 Å². The summed E-state index contributed by atoms with van der Waals surface area (Å²) in [6.07, 6.45) is -0.452. The van der Waals surface area contributed by atoms with Gasteiger partial charge in [0.1, 0.15) is 6.10 Å². The number of likely N-dealkylation sites (N-methyl/N-ethyl adjacent to an activating group) is 1. The SMILES string of the molecule is CNCC(OC)C(Oc1ccccc1OC)c1ccc(Cl)cc1. The molecule has 23 heavy (non-hydrogen) atoms. The smallest absolute Gasteiger partial charge is 0.162 e. The largest absolute Gasteiger partial charge is 0.493 e. The second kappa shape index (κ2) is 8.77. The Morgan fingerprint density at radius 3 is 2.22 bits per heavy atom. The molecule has 2 unspecified atom stereocenters. The summed E-state index contributed by atoms with van der Waals surface area (Å²) in [6.45, 7) is 0.652. The monoisotopic (exact) mass is 335 g/mol. The van der Waals surface area contributed by atoms with Crippen molar-refractivity contribution in [3.8, 4) is 11.5 Å². The van der Waals surface area contributed by atoms with Crippen LogP contribution in [0.15, 0.2) is 48.5 Å². The van der Waals surface area contributed by atoms with Crippen molar-refractivity contribution in [3.63, 3.8) is 0 Å². The van der Waals surface area contributed by atoms with Crippen molar-refractivity contribution in [2.75, 3.05) is 27.8 Å². The van der Waals surface area contributed by atoms with E-state index in [4.69, 9.17) is 25.8 Å². The molecule has 2 aromatic rings. The van der Waals surface area contributed by atoms with Crippen LogP contribution >= 0.6 is 11.6 Å². The van der Waals surface area contributed by atoms with Gasteiger partial charge in [-0.3, -0.25) is 0 Å². The Morgan fingerprint density at radius 2 is 1.65 bits per heavy atom. The zero-order chi connectivity index (χ0) is 16.7. The lowest BCUT2D eigenvalue weighted by Gasteiger charge is -2.28. The maximum Gasteiger partial charge on any atom is 0.162 e. The minimum atomic E-state index is -0.291. The predicted molar refractivity (Wildman–Crippen MR) is 92.5 cm³/mol. The minimum absolute atomic E-state index is 0.161. The van der Waals surface area contributed by atoms with Crippen LogP contribution in [0.2, 0.25) is 5.02 Å². The Kier molecular flexibility index (Phi) is 6.71. The summed E-state index contributed by atoms with van der Waals surface area (Å²) in [4.78, 5) is 0. The minimum Gasteiger partial charge on any atom is -0.493 e. The molecule has 2 aromatic carbocycles. The summed E-state index contributed by atoms with van der Waals surface area (Å²) in [6, 6.07) is 15.2. The number of benzene rings is 2. The molecule has 5 heteroatoms. The van der Waals surface area contributed by atoms with E-state index >= 15 is 0 Å². The molecule has 2 rings (SSSR count).